The second-order valence-corrected chi connectivity index (χ2v) is 31.1. The van der Waals surface area contributed by atoms with E-state index in [0.717, 1.165) is 44.5 Å². The van der Waals surface area contributed by atoms with E-state index >= 15 is 0 Å². The number of rotatable bonds is 37. The van der Waals surface area contributed by atoms with E-state index < -0.39 is 33.4 Å². The van der Waals surface area contributed by atoms with Crippen LogP contribution in [0.4, 0.5) is 11.4 Å². The highest BCUT2D eigenvalue weighted by Gasteiger charge is 2.49. The van der Waals surface area contributed by atoms with Crippen LogP contribution in [0.5, 0.6) is 17.2 Å². The van der Waals surface area contributed by atoms with Crippen LogP contribution >= 0.6 is 0 Å². The van der Waals surface area contributed by atoms with Gasteiger partial charge in [-0.1, -0.05) is 37.1 Å². The quantitative estimate of drug-likeness (QED) is 0.0220. The van der Waals surface area contributed by atoms with Crippen LogP contribution in [0.15, 0.2) is 84.4 Å². The number of benzene rings is 3. The molecule has 5 amide bonds. The van der Waals surface area contributed by atoms with Crippen molar-refractivity contribution in [1.29, 1.82) is 0 Å². The van der Waals surface area contributed by atoms with Crippen molar-refractivity contribution in [3.8, 4) is 28.5 Å². The summed E-state index contributed by atoms with van der Waals surface area (Å²) in [4.78, 5) is 85.1. The fourth-order valence-corrected chi connectivity index (χ4v) is 13.4. The van der Waals surface area contributed by atoms with Gasteiger partial charge < -0.3 is 81.6 Å². The van der Waals surface area contributed by atoms with Gasteiger partial charge >= 0.3 is 14.5 Å². The summed E-state index contributed by atoms with van der Waals surface area (Å²) in [6.07, 6.45) is 9.59. The van der Waals surface area contributed by atoms with Gasteiger partial charge in [0.25, 0.3) is 23.6 Å². The van der Waals surface area contributed by atoms with Crippen molar-refractivity contribution in [2.45, 2.75) is 137 Å². The number of amides is 5. The average Bonchev–Trinajstić information content (AvgIpc) is 1.63. The third kappa shape index (κ3) is 18.5. The molecule has 0 saturated heterocycles. The molecule has 9 rings (SSSR count). The third-order valence-corrected chi connectivity index (χ3v) is 22.6. The molecule has 1 aromatic heterocycles. The van der Waals surface area contributed by atoms with E-state index in [4.69, 9.17) is 47.1 Å². The summed E-state index contributed by atoms with van der Waals surface area (Å²) < 4.78 is 62.0. The third-order valence-electron chi connectivity index (χ3n) is 18.1. The molecule has 6 heterocycles. The number of hydrogen-bond acceptors (Lipinski definition) is 21. The first-order valence-corrected chi connectivity index (χ1v) is 36.1. The maximum Gasteiger partial charge on any atom is 0.409 e. The van der Waals surface area contributed by atoms with Crippen LogP contribution in [-0.4, -0.2) is 217 Å². The molecule has 0 aliphatic carbocycles. The highest BCUT2D eigenvalue weighted by Crippen LogP contribution is 2.46. The van der Waals surface area contributed by atoms with Crippen LogP contribution in [0.25, 0.3) is 11.3 Å². The monoisotopic (exact) mass is 1360 g/mol. The van der Waals surface area contributed by atoms with E-state index in [1.807, 2.05) is 86.2 Å². The van der Waals surface area contributed by atoms with Crippen molar-refractivity contribution in [1.82, 2.24) is 35.0 Å². The van der Waals surface area contributed by atoms with Crippen LogP contribution in [0.2, 0.25) is 25.0 Å². The maximum absolute atomic E-state index is 14.6. The number of aromatic nitrogens is 3. The Kier molecular flexibility index (Phi) is 25.5. The summed E-state index contributed by atoms with van der Waals surface area (Å²) in [5.74, 6) is -0.213. The number of carbonyl (C=O) groups is 6. The number of nitrogens with zero attached hydrogens (tertiary/aromatic N) is 8. The number of hydrogen-bond donors (Lipinski definition) is 2. The number of imide groups is 1. The summed E-state index contributed by atoms with van der Waals surface area (Å²) in [7, 11) is -1.87. The van der Waals surface area contributed by atoms with Gasteiger partial charge in [0.2, 0.25) is 5.91 Å². The Morgan fingerprint density at radius 1 is 0.711 bits per heavy atom. The molecule has 3 aromatic carbocycles. The molecule has 0 radical (unpaired) electrons. The molecular formula is C68H93B2N9O17Si. The number of aryl methyl sites for hydroxylation is 1. The summed E-state index contributed by atoms with van der Waals surface area (Å²) in [5.41, 5.74) is 7.65. The first kappa shape index (κ1) is 73.5. The van der Waals surface area contributed by atoms with E-state index in [1.165, 1.54) is 19.3 Å². The Bertz CT molecular complexity index is 3540. The highest BCUT2D eigenvalue weighted by atomic mass is 28.4. The average molecular weight is 1360 g/mol. The first-order chi connectivity index (χ1) is 46.5. The van der Waals surface area contributed by atoms with Gasteiger partial charge in [0.05, 0.1) is 122 Å². The molecule has 5 aliphatic heterocycles. The fourth-order valence-electron chi connectivity index (χ4n) is 12.1. The van der Waals surface area contributed by atoms with Crippen molar-refractivity contribution in [2.75, 3.05) is 109 Å². The Balaban J connectivity index is 0.790. The maximum atomic E-state index is 14.6. The number of methoxy groups -OCH3 is 1. The molecule has 0 spiro atoms. The van der Waals surface area contributed by atoms with Gasteiger partial charge in [-0.25, -0.2) is 4.68 Å². The molecule has 4 aromatic rings. The standard InChI is InChI=1S/C68H93B2N9O17Si/c1-45-30-55-48(4)79(70(8)86)57-38-61(60(87-9)36-53(57)66(85)76(55)39-45)95-43-50-33-49(42-94-59-37-56-52(32-47(59)3)65(84)77-40-46(2)31-58(77)67(78(56)69-44-80)96-97(10,11)68(5,6)7)34-51(35-50)54-41-74(73-72-54)17-19-89-21-23-91-25-27-93-29-28-92-26-24-90-22-20-88-18-15-71-62(81)14-16-75-63(82)12-13-64(75)83/h12-13,32-41,44,48,55,58,67,69,86H,14-31,42-43H2,1-11H3,(H,71,81)/t48-,55-,58-,67-/m0/s1. The Hall–Kier alpha value is -7.73. The van der Waals surface area contributed by atoms with Gasteiger partial charge in [0.15, 0.2) is 19.8 Å². The van der Waals surface area contributed by atoms with Crippen molar-refractivity contribution in [2.24, 2.45) is 0 Å². The second-order valence-electron chi connectivity index (χ2n) is 26.4. The van der Waals surface area contributed by atoms with Gasteiger partial charge in [-0.05, 0) is 113 Å². The molecule has 0 saturated carbocycles. The van der Waals surface area contributed by atoms with Gasteiger partial charge in [0, 0.05) is 79.2 Å². The zero-order chi connectivity index (χ0) is 69.6. The lowest BCUT2D eigenvalue weighted by Crippen LogP contribution is -2.57. The van der Waals surface area contributed by atoms with E-state index in [9.17, 15) is 33.8 Å². The van der Waals surface area contributed by atoms with Gasteiger partial charge in [-0.3, -0.25) is 28.9 Å². The molecule has 29 heteroatoms. The van der Waals surface area contributed by atoms with Crippen LogP contribution in [0.1, 0.15) is 98.2 Å². The van der Waals surface area contributed by atoms with E-state index in [1.54, 1.807) is 33.4 Å². The molecule has 97 heavy (non-hydrogen) atoms. The van der Waals surface area contributed by atoms with Crippen LogP contribution in [0, 0.1) is 6.92 Å². The van der Waals surface area contributed by atoms with Crippen molar-refractivity contribution >= 4 is 69.9 Å². The molecular weight excluding hydrogens is 1260 g/mol. The molecule has 0 bridgehead atoms. The lowest BCUT2D eigenvalue weighted by atomic mass is 9.80. The molecule has 4 atom stereocenters. The lowest BCUT2D eigenvalue weighted by Gasteiger charge is -2.45. The highest BCUT2D eigenvalue weighted by molar-refractivity contribution is 6.74. The molecule has 0 unspecified atom stereocenters. The van der Waals surface area contributed by atoms with Gasteiger partial charge in [-0.2, -0.15) is 0 Å². The summed E-state index contributed by atoms with van der Waals surface area (Å²) in [6, 6.07) is 12.3. The predicted molar refractivity (Wildman–Crippen MR) is 368 cm³/mol. The summed E-state index contributed by atoms with van der Waals surface area (Å²) in [5, 5.41) is 22.8. The Morgan fingerprint density at radius 2 is 1.25 bits per heavy atom. The normalized spacial score (nSPS) is 18.4. The molecule has 2 N–H and O–H groups in total. The minimum Gasteiger partial charge on any atom is -0.493 e. The van der Waals surface area contributed by atoms with Crippen LogP contribution in [-0.2, 0) is 71.8 Å². The smallest absolute Gasteiger partial charge is 0.409 e. The number of ether oxygens (including phenoxy) is 9. The van der Waals surface area contributed by atoms with Crippen molar-refractivity contribution < 1.29 is 80.8 Å². The predicted octanol–water partition coefficient (Wildman–Crippen LogP) is 6.22. The van der Waals surface area contributed by atoms with Gasteiger partial charge in [-0.15, -0.1) is 5.10 Å². The summed E-state index contributed by atoms with van der Waals surface area (Å²) >= 11 is 0. The largest absolute Gasteiger partial charge is 0.493 e. The minimum absolute atomic E-state index is 0.00197. The molecule has 5 aliphatic rings. The topological polar surface area (TPSA) is 274 Å². The fraction of sp³-hybridized carbons (Fsp3) is 0.529. The molecule has 522 valence electrons. The lowest BCUT2D eigenvalue weighted by molar-refractivity contribution is -0.137. The minimum atomic E-state index is -2.47. The number of fused-ring (bicyclic) bond motifs is 4. The van der Waals surface area contributed by atoms with Gasteiger partial charge in [0.1, 0.15) is 37.1 Å². The van der Waals surface area contributed by atoms with E-state index in [0.29, 0.717) is 151 Å². The Morgan fingerprint density at radius 3 is 1.81 bits per heavy atom. The zero-order valence-corrected chi connectivity index (χ0v) is 58.8. The molecule has 0 fully saturated rings. The van der Waals surface area contributed by atoms with Crippen LogP contribution in [0.3, 0.4) is 0 Å². The number of carbonyl (C=O) groups excluding carboxylic acids is 6. The van der Waals surface area contributed by atoms with Crippen molar-refractivity contribution in [3.05, 3.63) is 112 Å². The van der Waals surface area contributed by atoms with E-state index in [2.05, 4.69) is 49.5 Å². The number of anilines is 2. The second kappa shape index (κ2) is 33.7. The first-order valence-electron chi connectivity index (χ1n) is 33.2. The molecule has 26 nitrogen and oxygen atoms in total. The number of nitrogens with one attached hydrogen (secondary N) is 1. The van der Waals surface area contributed by atoms with Crippen LogP contribution < -0.4 is 29.1 Å². The van der Waals surface area contributed by atoms with E-state index in [-0.39, 0.29) is 74.5 Å². The SMILES string of the molecule is COc1cc2c(cc1OCc1cc(COc3cc4c(cc3C)C(=O)N3C=C(C)C[C@H]3[C@H](O[Si](C)(C)C(C)(C)C)N4BC=O)cc(-c3cn(CCOCCOCCOCCOCCOCCOCCNC(=O)CCN4C(=O)C=CC4=O)nn3)c1)N(B(C)O)[C@@H](C)[C@@H]1CC(C)=CN1C2=O. The van der Waals surface area contributed by atoms with Crippen molar-refractivity contribution in [3.63, 3.8) is 0 Å². The summed E-state index contributed by atoms with van der Waals surface area (Å²) in [6.45, 7) is 25.9. The Labute approximate surface area is 569 Å². The zero-order valence-electron chi connectivity index (χ0n) is 57.8.